The zero-order chi connectivity index (χ0) is 18.0. The maximum atomic E-state index is 12.1. The molecule has 0 radical (unpaired) electrons. The zero-order valence-electron chi connectivity index (χ0n) is 15.2. The number of hydrogen-bond acceptors (Lipinski definition) is 5. The van der Waals surface area contributed by atoms with Crippen molar-refractivity contribution in [2.24, 2.45) is 0 Å². The van der Waals surface area contributed by atoms with Gasteiger partial charge in [0.25, 0.3) is 0 Å². The minimum Gasteiger partial charge on any atom is -0.487 e. The van der Waals surface area contributed by atoms with Gasteiger partial charge in [0, 0.05) is 37.8 Å². The number of carbonyl (C=O) groups excluding carboxylic acids is 1. The van der Waals surface area contributed by atoms with Gasteiger partial charge in [-0.1, -0.05) is 6.92 Å². The van der Waals surface area contributed by atoms with Crippen molar-refractivity contribution in [1.82, 2.24) is 5.32 Å². The van der Waals surface area contributed by atoms with Crippen molar-refractivity contribution in [3.05, 3.63) is 23.8 Å². The molecule has 2 N–H and O–H groups in total. The average molecular weight is 348 g/mol. The van der Waals surface area contributed by atoms with Crippen LogP contribution in [0.1, 0.15) is 37.7 Å². The first-order valence-corrected chi connectivity index (χ1v) is 9.04. The zero-order valence-corrected chi connectivity index (χ0v) is 15.2. The van der Waals surface area contributed by atoms with E-state index in [4.69, 9.17) is 9.47 Å². The lowest BCUT2D eigenvalue weighted by atomic mass is 9.84. The van der Waals surface area contributed by atoms with E-state index in [-0.39, 0.29) is 30.6 Å². The standard InChI is InChI=1S/C19H28N2O4/c1-4-7-20-18(23)10-13-9-15-14-8-12(21(2)3)5-6-16(14)25-19(15)17(11-22)24-13/h5-6,8,13,15,17,19,22H,4,7,9-11H2,1-3H3,(H,20,23)/t13-,15-,17-,19+/m1/s1. The number of nitrogens with zero attached hydrogens (tertiary/aromatic N) is 1. The Kier molecular flexibility index (Phi) is 5.49. The number of hydrogen-bond donors (Lipinski definition) is 2. The van der Waals surface area contributed by atoms with Crippen molar-refractivity contribution in [2.75, 3.05) is 32.1 Å². The van der Waals surface area contributed by atoms with Gasteiger partial charge in [0.05, 0.1) is 19.1 Å². The van der Waals surface area contributed by atoms with Crippen LogP contribution in [0.25, 0.3) is 0 Å². The van der Waals surface area contributed by atoms with Gasteiger partial charge in [-0.3, -0.25) is 4.79 Å². The van der Waals surface area contributed by atoms with Crippen molar-refractivity contribution < 1.29 is 19.4 Å². The van der Waals surface area contributed by atoms with Gasteiger partial charge in [0.2, 0.25) is 5.91 Å². The molecule has 6 nitrogen and oxygen atoms in total. The van der Waals surface area contributed by atoms with Crippen molar-refractivity contribution >= 4 is 11.6 Å². The Morgan fingerprint density at radius 1 is 1.40 bits per heavy atom. The number of carbonyl (C=O) groups is 1. The molecule has 0 bridgehead atoms. The van der Waals surface area contributed by atoms with Crippen LogP contribution in [-0.2, 0) is 9.53 Å². The van der Waals surface area contributed by atoms with E-state index in [0.717, 1.165) is 29.8 Å². The van der Waals surface area contributed by atoms with Gasteiger partial charge in [-0.15, -0.1) is 0 Å². The molecule has 2 aliphatic heterocycles. The first-order valence-electron chi connectivity index (χ1n) is 9.04. The summed E-state index contributed by atoms with van der Waals surface area (Å²) in [4.78, 5) is 14.1. The number of ether oxygens (including phenoxy) is 2. The maximum absolute atomic E-state index is 12.1. The maximum Gasteiger partial charge on any atom is 0.222 e. The molecule has 1 fully saturated rings. The van der Waals surface area contributed by atoms with Gasteiger partial charge in [-0.2, -0.15) is 0 Å². The Bertz CT molecular complexity index is 619. The highest BCUT2D eigenvalue weighted by atomic mass is 16.6. The first-order chi connectivity index (χ1) is 12.0. The SMILES string of the molecule is CCCNC(=O)C[C@H]1C[C@@H]2c3cc(N(C)C)ccc3O[C@@H]2[C@@H](CO)O1. The largest absolute Gasteiger partial charge is 0.487 e. The fraction of sp³-hybridized carbons (Fsp3) is 0.632. The van der Waals surface area contributed by atoms with Crippen molar-refractivity contribution in [2.45, 2.75) is 50.4 Å². The van der Waals surface area contributed by atoms with Crippen LogP contribution in [-0.4, -0.2) is 56.6 Å². The monoisotopic (exact) mass is 348 g/mol. The molecule has 0 saturated carbocycles. The molecule has 1 aromatic carbocycles. The summed E-state index contributed by atoms with van der Waals surface area (Å²) in [7, 11) is 4.02. The van der Waals surface area contributed by atoms with E-state index >= 15 is 0 Å². The van der Waals surface area contributed by atoms with E-state index in [0.29, 0.717) is 13.0 Å². The summed E-state index contributed by atoms with van der Waals surface area (Å²) in [5.41, 5.74) is 2.27. The highest BCUT2D eigenvalue weighted by molar-refractivity contribution is 5.76. The third-order valence-corrected chi connectivity index (χ3v) is 4.98. The van der Waals surface area contributed by atoms with Crippen LogP contribution in [0.15, 0.2) is 18.2 Å². The fourth-order valence-electron chi connectivity index (χ4n) is 3.70. The summed E-state index contributed by atoms with van der Waals surface area (Å²) in [6.45, 7) is 2.60. The Hall–Kier alpha value is -1.79. The Morgan fingerprint density at radius 2 is 2.20 bits per heavy atom. The highest BCUT2D eigenvalue weighted by Crippen LogP contribution is 2.47. The predicted octanol–water partition coefficient (Wildman–Crippen LogP) is 1.66. The highest BCUT2D eigenvalue weighted by Gasteiger charge is 2.46. The quantitative estimate of drug-likeness (QED) is 0.818. The van der Waals surface area contributed by atoms with Crippen LogP contribution in [0.2, 0.25) is 0 Å². The number of fused-ring (bicyclic) bond motifs is 3. The van der Waals surface area contributed by atoms with Gasteiger partial charge < -0.3 is 24.8 Å². The molecular weight excluding hydrogens is 320 g/mol. The van der Waals surface area contributed by atoms with Crippen molar-refractivity contribution in [3.8, 4) is 5.75 Å². The van der Waals surface area contributed by atoms with Crippen LogP contribution in [0.5, 0.6) is 5.75 Å². The Labute approximate surface area is 149 Å². The molecule has 2 heterocycles. The van der Waals surface area contributed by atoms with Crippen LogP contribution in [0, 0.1) is 0 Å². The number of aliphatic hydroxyl groups excluding tert-OH is 1. The summed E-state index contributed by atoms with van der Waals surface area (Å²) in [6, 6.07) is 6.16. The number of aliphatic hydroxyl groups is 1. The lowest BCUT2D eigenvalue weighted by molar-refractivity contribution is -0.142. The van der Waals surface area contributed by atoms with E-state index in [1.807, 2.05) is 33.2 Å². The molecule has 1 saturated heterocycles. The molecule has 0 aromatic heterocycles. The predicted molar refractivity (Wildman–Crippen MR) is 96.2 cm³/mol. The molecular formula is C19H28N2O4. The lowest BCUT2D eigenvalue weighted by Gasteiger charge is -2.37. The van der Waals surface area contributed by atoms with Crippen LogP contribution < -0.4 is 15.0 Å². The van der Waals surface area contributed by atoms with Gasteiger partial charge in [0.15, 0.2) is 0 Å². The van der Waals surface area contributed by atoms with Gasteiger partial charge >= 0.3 is 0 Å². The van der Waals surface area contributed by atoms with Crippen molar-refractivity contribution in [1.29, 1.82) is 0 Å². The second-order valence-electron chi connectivity index (χ2n) is 7.07. The fourth-order valence-corrected chi connectivity index (χ4v) is 3.70. The van der Waals surface area contributed by atoms with Crippen LogP contribution in [0.3, 0.4) is 0 Å². The summed E-state index contributed by atoms with van der Waals surface area (Å²) in [6.07, 6.45) is 1.17. The normalized spacial score (nSPS) is 27.2. The number of rotatable bonds is 6. The third-order valence-electron chi connectivity index (χ3n) is 4.98. The van der Waals surface area contributed by atoms with Gasteiger partial charge in [-0.05, 0) is 31.0 Å². The van der Waals surface area contributed by atoms with E-state index in [1.165, 1.54) is 0 Å². The van der Waals surface area contributed by atoms with E-state index in [9.17, 15) is 9.90 Å². The average Bonchev–Trinajstić information content (AvgIpc) is 2.97. The third kappa shape index (κ3) is 3.75. The number of nitrogens with one attached hydrogen (secondary N) is 1. The molecule has 25 heavy (non-hydrogen) atoms. The van der Waals surface area contributed by atoms with E-state index in [2.05, 4.69) is 16.3 Å². The molecule has 1 amide bonds. The second-order valence-corrected chi connectivity index (χ2v) is 7.07. The van der Waals surface area contributed by atoms with Gasteiger partial charge in [0.1, 0.15) is 18.0 Å². The minimum absolute atomic E-state index is 0.00294. The molecule has 0 unspecified atom stereocenters. The molecule has 138 valence electrons. The van der Waals surface area contributed by atoms with Crippen LogP contribution in [0.4, 0.5) is 5.69 Å². The van der Waals surface area contributed by atoms with E-state index in [1.54, 1.807) is 0 Å². The molecule has 0 aliphatic carbocycles. The number of amides is 1. The first kappa shape index (κ1) is 18.0. The number of anilines is 1. The Balaban J connectivity index is 1.77. The topological polar surface area (TPSA) is 71.0 Å². The summed E-state index contributed by atoms with van der Waals surface area (Å²) in [5, 5.41) is 12.6. The summed E-state index contributed by atoms with van der Waals surface area (Å²) >= 11 is 0. The summed E-state index contributed by atoms with van der Waals surface area (Å²) in [5.74, 6) is 1.01. The smallest absolute Gasteiger partial charge is 0.222 e. The number of benzene rings is 1. The molecule has 2 aliphatic rings. The minimum atomic E-state index is -0.405. The second kappa shape index (κ2) is 7.62. The van der Waals surface area contributed by atoms with Gasteiger partial charge in [-0.25, -0.2) is 0 Å². The Morgan fingerprint density at radius 3 is 2.88 bits per heavy atom. The van der Waals surface area contributed by atoms with E-state index < -0.39 is 6.10 Å². The molecule has 4 atom stereocenters. The molecule has 6 heteroatoms. The van der Waals surface area contributed by atoms with Crippen molar-refractivity contribution in [3.63, 3.8) is 0 Å². The molecule has 0 spiro atoms. The molecule has 3 rings (SSSR count). The lowest BCUT2D eigenvalue weighted by Crippen LogP contribution is -2.47. The van der Waals surface area contributed by atoms with Crippen LogP contribution >= 0.6 is 0 Å². The molecule has 1 aromatic rings. The summed E-state index contributed by atoms with van der Waals surface area (Å²) < 4.78 is 12.0.